The lowest BCUT2D eigenvalue weighted by molar-refractivity contribution is -0.144. The molecule has 1 aliphatic rings. The molecule has 2 atom stereocenters. The fourth-order valence-corrected chi connectivity index (χ4v) is 4.21. The van der Waals surface area contributed by atoms with Crippen LogP contribution >= 0.6 is 11.3 Å². The number of fused-ring (bicyclic) bond motifs is 1. The molecule has 1 amide bonds. The molecule has 0 aromatic carbocycles. The van der Waals surface area contributed by atoms with Gasteiger partial charge in [0.2, 0.25) is 5.91 Å². The van der Waals surface area contributed by atoms with Crippen LogP contribution in [0.1, 0.15) is 26.6 Å². The highest BCUT2D eigenvalue weighted by Crippen LogP contribution is 2.27. The van der Waals surface area contributed by atoms with Gasteiger partial charge in [0.1, 0.15) is 23.0 Å². The number of hydrogen-bond donors (Lipinski definition) is 1. The van der Waals surface area contributed by atoms with Crippen LogP contribution in [0.25, 0.3) is 10.2 Å². The third-order valence-electron chi connectivity index (χ3n) is 4.65. The molecule has 0 radical (unpaired) electrons. The molecule has 0 aliphatic carbocycles. The number of aromatic nitrogens is 4. The molecule has 8 nitrogen and oxygen atoms in total. The van der Waals surface area contributed by atoms with Gasteiger partial charge in [0.05, 0.1) is 29.5 Å². The van der Waals surface area contributed by atoms with Gasteiger partial charge in [-0.05, 0) is 25.3 Å². The molecule has 4 heterocycles. The molecule has 4 rings (SSSR count). The number of carbonyl (C=O) groups is 1. The largest absolute Gasteiger partial charge is 0.372 e. The first-order valence-electron chi connectivity index (χ1n) is 9.48. The number of morpholine rings is 1. The Hall–Kier alpha value is -2.52. The number of amides is 1. The van der Waals surface area contributed by atoms with Crippen LogP contribution in [0.15, 0.2) is 23.8 Å². The number of anilines is 2. The average molecular weight is 401 g/mol. The van der Waals surface area contributed by atoms with Gasteiger partial charge in [0.25, 0.3) is 0 Å². The van der Waals surface area contributed by atoms with Crippen LogP contribution in [0.4, 0.5) is 11.5 Å². The number of rotatable bonds is 5. The van der Waals surface area contributed by atoms with Crippen molar-refractivity contribution in [2.75, 3.05) is 18.4 Å². The van der Waals surface area contributed by atoms with E-state index in [-0.39, 0.29) is 24.7 Å². The lowest BCUT2D eigenvalue weighted by atomic mass is 10.2. The van der Waals surface area contributed by atoms with Gasteiger partial charge >= 0.3 is 0 Å². The smallest absolute Gasteiger partial charge is 0.244 e. The van der Waals surface area contributed by atoms with Crippen molar-refractivity contribution in [2.24, 2.45) is 0 Å². The van der Waals surface area contributed by atoms with Crippen LogP contribution in [-0.2, 0) is 22.5 Å². The number of ether oxygens (including phenoxy) is 1. The Morgan fingerprint density at radius 3 is 2.86 bits per heavy atom. The van der Waals surface area contributed by atoms with E-state index in [2.05, 4.69) is 20.4 Å². The van der Waals surface area contributed by atoms with Crippen molar-refractivity contribution in [2.45, 2.75) is 45.9 Å². The molecule has 3 aromatic rings. The van der Waals surface area contributed by atoms with Crippen LogP contribution in [0.5, 0.6) is 0 Å². The lowest BCUT2D eigenvalue weighted by Crippen LogP contribution is -2.49. The van der Waals surface area contributed by atoms with Crippen LogP contribution in [0, 0.1) is 0 Å². The van der Waals surface area contributed by atoms with Gasteiger partial charge in [-0.2, -0.15) is 5.10 Å². The minimum atomic E-state index is 0.0483. The topological polar surface area (TPSA) is 85.2 Å². The van der Waals surface area contributed by atoms with E-state index in [9.17, 15) is 4.79 Å². The SMILES string of the molecule is CCc1nc(Nc2cnn(CC(=O)N3CC(C)OC(C)C3)c2)c2ccsc2n1. The minimum Gasteiger partial charge on any atom is -0.372 e. The van der Waals surface area contributed by atoms with Crippen molar-refractivity contribution in [1.29, 1.82) is 0 Å². The molecule has 1 saturated heterocycles. The number of nitrogens with one attached hydrogen (secondary N) is 1. The summed E-state index contributed by atoms with van der Waals surface area (Å²) in [7, 11) is 0. The van der Waals surface area contributed by atoms with E-state index >= 15 is 0 Å². The molecule has 1 aliphatic heterocycles. The molecule has 0 bridgehead atoms. The Kier molecular flexibility index (Phi) is 5.27. The van der Waals surface area contributed by atoms with Crippen molar-refractivity contribution >= 4 is 39.0 Å². The predicted octanol–water partition coefficient (Wildman–Crippen LogP) is 2.83. The average Bonchev–Trinajstić information content (AvgIpc) is 3.30. The zero-order valence-corrected chi connectivity index (χ0v) is 17.1. The van der Waals surface area contributed by atoms with E-state index in [1.807, 2.05) is 43.3 Å². The van der Waals surface area contributed by atoms with Gasteiger partial charge in [-0.15, -0.1) is 11.3 Å². The van der Waals surface area contributed by atoms with Crippen LogP contribution < -0.4 is 5.32 Å². The van der Waals surface area contributed by atoms with Crippen molar-refractivity contribution in [3.63, 3.8) is 0 Å². The van der Waals surface area contributed by atoms with Crippen LogP contribution in [0.2, 0.25) is 0 Å². The van der Waals surface area contributed by atoms with Crippen molar-refractivity contribution in [3.8, 4) is 0 Å². The number of carbonyl (C=O) groups excluding carboxylic acids is 1. The maximum Gasteiger partial charge on any atom is 0.244 e. The number of aryl methyl sites for hydroxylation is 1. The summed E-state index contributed by atoms with van der Waals surface area (Å²) in [6, 6.07) is 2.01. The standard InChI is InChI=1S/C19H24N6O2S/c1-4-16-22-18(15-5-6-28-19(15)23-16)21-14-7-20-25(10-14)11-17(26)24-8-12(2)27-13(3)9-24/h5-7,10,12-13H,4,8-9,11H2,1-3H3,(H,21,22,23). The predicted molar refractivity (Wildman–Crippen MR) is 109 cm³/mol. The first-order valence-corrected chi connectivity index (χ1v) is 10.4. The van der Waals surface area contributed by atoms with Crippen LogP contribution in [-0.4, -0.2) is 55.9 Å². The Bertz CT molecular complexity index is 974. The van der Waals surface area contributed by atoms with Gasteiger partial charge < -0.3 is 15.0 Å². The second kappa shape index (κ2) is 7.84. The minimum absolute atomic E-state index is 0.0483. The van der Waals surface area contributed by atoms with Crippen molar-refractivity contribution in [3.05, 3.63) is 29.7 Å². The van der Waals surface area contributed by atoms with Gasteiger partial charge in [-0.1, -0.05) is 6.92 Å². The Balaban J connectivity index is 1.46. The van der Waals surface area contributed by atoms with E-state index in [1.165, 1.54) is 0 Å². The van der Waals surface area contributed by atoms with E-state index < -0.39 is 0 Å². The summed E-state index contributed by atoms with van der Waals surface area (Å²) < 4.78 is 7.35. The molecule has 28 heavy (non-hydrogen) atoms. The summed E-state index contributed by atoms with van der Waals surface area (Å²) in [6.45, 7) is 7.46. The van der Waals surface area contributed by atoms with Gasteiger partial charge in [-0.3, -0.25) is 9.48 Å². The molecule has 1 fully saturated rings. The summed E-state index contributed by atoms with van der Waals surface area (Å²) in [5.74, 6) is 1.62. The molecule has 9 heteroatoms. The first kappa shape index (κ1) is 18.8. The zero-order valence-electron chi connectivity index (χ0n) is 16.3. The molecule has 0 saturated carbocycles. The molecule has 148 valence electrons. The highest BCUT2D eigenvalue weighted by molar-refractivity contribution is 7.16. The second-order valence-electron chi connectivity index (χ2n) is 7.09. The Labute approximate surface area is 167 Å². The van der Waals surface area contributed by atoms with Crippen LogP contribution in [0.3, 0.4) is 0 Å². The second-order valence-corrected chi connectivity index (χ2v) is 7.98. The normalized spacial score (nSPS) is 19.9. The number of nitrogens with zero attached hydrogens (tertiary/aromatic N) is 5. The molecule has 0 spiro atoms. The maximum absolute atomic E-state index is 12.6. The molecule has 3 aromatic heterocycles. The molecular weight excluding hydrogens is 376 g/mol. The van der Waals surface area contributed by atoms with Crippen molar-refractivity contribution in [1.82, 2.24) is 24.6 Å². The first-order chi connectivity index (χ1) is 13.5. The fourth-order valence-electron chi connectivity index (χ4n) is 3.42. The summed E-state index contributed by atoms with van der Waals surface area (Å²) in [5.41, 5.74) is 0.796. The van der Waals surface area contributed by atoms with E-state index in [1.54, 1.807) is 22.2 Å². The highest BCUT2D eigenvalue weighted by atomic mass is 32.1. The Morgan fingerprint density at radius 2 is 2.11 bits per heavy atom. The number of hydrogen-bond acceptors (Lipinski definition) is 7. The maximum atomic E-state index is 12.6. The Morgan fingerprint density at radius 1 is 1.32 bits per heavy atom. The summed E-state index contributed by atoms with van der Waals surface area (Å²) in [4.78, 5) is 24.6. The molecule has 2 unspecified atom stereocenters. The molecule has 1 N–H and O–H groups in total. The third kappa shape index (κ3) is 4.00. The monoisotopic (exact) mass is 400 g/mol. The van der Waals surface area contributed by atoms with E-state index in [4.69, 9.17) is 4.74 Å². The summed E-state index contributed by atoms with van der Waals surface area (Å²) in [6.07, 6.45) is 4.43. The van der Waals surface area contributed by atoms with Gasteiger partial charge in [0.15, 0.2) is 0 Å². The van der Waals surface area contributed by atoms with E-state index in [0.29, 0.717) is 13.1 Å². The zero-order chi connectivity index (χ0) is 19.7. The third-order valence-corrected chi connectivity index (χ3v) is 5.46. The highest BCUT2D eigenvalue weighted by Gasteiger charge is 2.26. The number of thiophene rings is 1. The fraction of sp³-hybridized carbons (Fsp3) is 0.474. The van der Waals surface area contributed by atoms with E-state index in [0.717, 1.165) is 34.0 Å². The van der Waals surface area contributed by atoms with Gasteiger partial charge in [-0.25, -0.2) is 9.97 Å². The summed E-state index contributed by atoms with van der Waals surface area (Å²) in [5, 5.41) is 10.7. The summed E-state index contributed by atoms with van der Waals surface area (Å²) >= 11 is 1.60. The van der Waals surface area contributed by atoms with Gasteiger partial charge in [0, 0.05) is 25.7 Å². The molecular formula is C19H24N6O2S. The lowest BCUT2D eigenvalue weighted by Gasteiger charge is -2.35. The quantitative estimate of drug-likeness (QED) is 0.709. The van der Waals surface area contributed by atoms with Crippen molar-refractivity contribution < 1.29 is 9.53 Å².